The number of methoxy groups -OCH3 is 1. The number of hydrogen-bond acceptors (Lipinski definition) is 7. The summed E-state index contributed by atoms with van der Waals surface area (Å²) >= 11 is 0. The molecule has 0 spiro atoms. The maximum Gasteiger partial charge on any atom is 0.389 e. The van der Waals surface area contributed by atoms with Gasteiger partial charge in [-0.15, -0.1) is 4.31 Å². The van der Waals surface area contributed by atoms with Crippen LogP contribution in [0.4, 0.5) is 5.69 Å². The summed E-state index contributed by atoms with van der Waals surface area (Å²) in [5, 5.41) is 8.22. The number of benzene rings is 1. The fourth-order valence-electron chi connectivity index (χ4n) is 1.28. The summed E-state index contributed by atoms with van der Waals surface area (Å²) in [4.78, 5) is 10.4. The van der Waals surface area contributed by atoms with Gasteiger partial charge < -0.3 is 19.8 Å². The standard InChI is InChI=1S/C8H11N.C5H11NO6S/c1-6-4-3-5-7(2)8(6)9;1-6(4-11-2)13(9,10)12-5(8)3-7/h3-5H,9H2,1-2H3;7H,3-4H2,1-2H3. The first-order valence-corrected chi connectivity index (χ1v) is 7.62. The molecule has 0 aromatic heterocycles. The van der Waals surface area contributed by atoms with Gasteiger partial charge >= 0.3 is 16.3 Å². The molecule has 1 aromatic rings. The van der Waals surface area contributed by atoms with Crippen molar-refractivity contribution in [3.63, 3.8) is 0 Å². The Bertz CT molecular complexity index is 568. The maximum absolute atomic E-state index is 11.0. The highest BCUT2D eigenvalue weighted by atomic mass is 32.2. The van der Waals surface area contributed by atoms with E-state index in [4.69, 9.17) is 10.8 Å². The number of rotatable bonds is 5. The van der Waals surface area contributed by atoms with Gasteiger partial charge in [0.25, 0.3) is 0 Å². The van der Waals surface area contributed by atoms with Crippen LogP contribution in [-0.4, -0.2) is 51.3 Å². The fourth-order valence-corrected chi connectivity index (χ4v) is 1.93. The zero-order chi connectivity index (χ0) is 17.3. The number of anilines is 1. The van der Waals surface area contributed by atoms with Gasteiger partial charge in [0.2, 0.25) is 0 Å². The number of ether oxygens (including phenoxy) is 1. The highest BCUT2D eigenvalue weighted by Crippen LogP contribution is 2.13. The van der Waals surface area contributed by atoms with E-state index in [2.05, 4.69) is 8.92 Å². The van der Waals surface area contributed by atoms with Crippen molar-refractivity contribution in [1.82, 2.24) is 4.31 Å². The zero-order valence-electron chi connectivity index (χ0n) is 13.1. The Balaban J connectivity index is 0.000000425. The zero-order valence-corrected chi connectivity index (χ0v) is 13.9. The Kier molecular flexibility index (Phi) is 8.65. The summed E-state index contributed by atoms with van der Waals surface area (Å²) in [6, 6.07) is 6.05. The quantitative estimate of drug-likeness (QED) is 0.582. The van der Waals surface area contributed by atoms with E-state index in [0.29, 0.717) is 4.31 Å². The van der Waals surface area contributed by atoms with Crippen molar-refractivity contribution in [2.24, 2.45) is 0 Å². The summed E-state index contributed by atoms with van der Waals surface area (Å²) in [5.74, 6) is -1.23. The summed E-state index contributed by atoms with van der Waals surface area (Å²) < 4.78 is 31.1. The third-order valence-electron chi connectivity index (χ3n) is 2.56. The minimum absolute atomic E-state index is 0.235. The van der Waals surface area contributed by atoms with Crippen LogP contribution in [0.15, 0.2) is 18.2 Å². The average molecular weight is 334 g/mol. The van der Waals surface area contributed by atoms with E-state index in [0.717, 1.165) is 16.8 Å². The van der Waals surface area contributed by atoms with Gasteiger partial charge in [-0.05, 0) is 25.0 Å². The molecule has 0 amide bonds. The van der Waals surface area contributed by atoms with E-state index in [1.54, 1.807) is 0 Å². The second-order valence-corrected chi connectivity index (χ2v) is 6.04. The Morgan fingerprint density at radius 3 is 2.18 bits per heavy atom. The smallest absolute Gasteiger partial charge is 0.389 e. The van der Waals surface area contributed by atoms with Crippen molar-refractivity contribution < 1.29 is 27.2 Å². The highest BCUT2D eigenvalue weighted by molar-refractivity contribution is 7.84. The van der Waals surface area contributed by atoms with E-state index in [9.17, 15) is 13.2 Å². The lowest BCUT2D eigenvalue weighted by Gasteiger charge is -2.13. The largest absolute Gasteiger partial charge is 0.398 e. The van der Waals surface area contributed by atoms with Crippen LogP contribution in [0.1, 0.15) is 11.1 Å². The van der Waals surface area contributed by atoms with E-state index in [1.165, 1.54) is 14.2 Å². The SMILES string of the molecule is COCN(C)S(=O)(=O)OC(=O)CO.Cc1cccc(C)c1N. The number of nitrogens with two attached hydrogens (primary N) is 1. The normalized spacial score (nSPS) is 10.8. The van der Waals surface area contributed by atoms with Crippen molar-refractivity contribution in [3.05, 3.63) is 29.3 Å². The molecule has 0 bridgehead atoms. The van der Waals surface area contributed by atoms with Crippen LogP contribution in [0.25, 0.3) is 0 Å². The predicted molar refractivity (Wildman–Crippen MR) is 82.1 cm³/mol. The minimum Gasteiger partial charge on any atom is -0.398 e. The van der Waals surface area contributed by atoms with Crippen molar-refractivity contribution in [2.75, 3.05) is 33.2 Å². The van der Waals surface area contributed by atoms with Gasteiger partial charge in [0.15, 0.2) is 0 Å². The van der Waals surface area contributed by atoms with Crippen LogP contribution in [0.2, 0.25) is 0 Å². The number of hydrogen-bond donors (Lipinski definition) is 2. The predicted octanol–water partition coefficient (Wildman–Crippen LogP) is 0.188. The Labute approximate surface area is 130 Å². The number of aliphatic hydroxyl groups is 1. The summed E-state index contributed by atoms with van der Waals surface area (Å²) in [6.07, 6.45) is 0. The highest BCUT2D eigenvalue weighted by Gasteiger charge is 2.22. The van der Waals surface area contributed by atoms with Crippen molar-refractivity contribution >= 4 is 22.0 Å². The number of carbonyl (C=O) groups excluding carboxylic acids is 1. The second kappa shape index (κ2) is 9.36. The number of aliphatic hydroxyl groups excluding tert-OH is 1. The van der Waals surface area contributed by atoms with Crippen LogP contribution in [-0.2, 0) is 24.0 Å². The number of para-hydroxylation sites is 1. The lowest BCUT2D eigenvalue weighted by Crippen LogP contribution is -2.32. The molecule has 0 fully saturated rings. The maximum atomic E-state index is 11.0. The van der Waals surface area contributed by atoms with Crippen LogP contribution in [0.3, 0.4) is 0 Å². The monoisotopic (exact) mass is 334 g/mol. The molecular formula is C13H22N2O6S. The van der Waals surface area contributed by atoms with Gasteiger partial charge in [0, 0.05) is 19.8 Å². The molecule has 0 radical (unpaired) electrons. The molecule has 9 heteroatoms. The third-order valence-corrected chi connectivity index (χ3v) is 3.83. The molecule has 8 nitrogen and oxygen atoms in total. The van der Waals surface area contributed by atoms with Gasteiger partial charge in [0.05, 0.1) is 0 Å². The second-order valence-electron chi connectivity index (χ2n) is 4.39. The number of aryl methyl sites for hydroxylation is 2. The molecule has 0 saturated heterocycles. The van der Waals surface area contributed by atoms with E-state index in [-0.39, 0.29) is 6.73 Å². The molecule has 1 aromatic carbocycles. The molecule has 0 aliphatic heterocycles. The topological polar surface area (TPSA) is 119 Å². The number of nitrogens with zero attached hydrogens (tertiary/aromatic N) is 1. The van der Waals surface area contributed by atoms with Crippen molar-refractivity contribution in [2.45, 2.75) is 13.8 Å². The Hall–Kier alpha value is -1.68. The molecule has 3 N–H and O–H groups in total. The molecule has 0 saturated carbocycles. The molecule has 0 atom stereocenters. The fraction of sp³-hybridized carbons (Fsp3) is 0.462. The summed E-state index contributed by atoms with van der Waals surface area (Å²) in [6.45, 7) is 2.81. The van der Waals surface area contributed by atoms with E-state index in [1.807, 2.05) is 32.0 Å². The van der Waals surface area contributed by atoms with Gasteiger partial charge in [-0.3, -0.25) is 0 Å². The molecule has 22 heavy (non-hydrogen) atoms. The van der Waals surface area contributed by atoms with Gasteiger partial charge in [-0.2, -0.15) is 8.42 Å². The Morgan fingerprint density at radius 1 is 1.32 bits per heavy atom. The number of carbonyl (C=O) groups is 1. The van der Waals surface area contributed by atoms with E-state index < -0.39 is 22.9 Å². The van der Waals surface area contributed by atoms with Gasteiger partial charge in [0.1, 0.15) is 13.3 Å². The van der Waals surface area contributed by atoms with E-state index >= 15 is 0 Å². The molecule has 0 heterocycles. The average Bonchev–Trinajstić information content (AvgIpc) is 2.45. The molecule has 0 aliphatic rings. The van der Waals surface area contributed by atoms with Crippen LogP contribution >= 0.6 is 0 Å². The molecule has 126 valence electrons. The summed E-state index contributed by atoms with van der Waals surface area (Å²) in [7, 11) is -1.67. The first-order chi connectivity index (χ1) is 10.2. The molecular weight excluding hydrogens is 312 g/mol. The third kappa shape index (κ3) is 6.85. The van der Waals surface area contributed by atoms with Crippen molar-refractivity contribution in [1.29, 1.82) is 0 Å². The molecule has 0 aliphatic carbocycles. The van der Waals surface area contributed by atoms with Crippen molar-refractivity contribution in [3.8, 4) is 0 Å². The first kappa shape index (κ1) is 20.3. The molecule has 0 unspecified atom stereocenters. The lowest BCUT2D eigenvalue weighted by molar-refractivity contribution is -0.137. The Morgan fingerprint density at radius 2 is 1.82 bits per heavy atom. The lowest BCUT2D eigenvalue weighted by atomic mass is 10.1. The number of nitrogen functional groups attached to an aromatic ring is 1. The van der Waals surface area contributed by atoms with Crippen LogP contribution in [0.5, 0.6) is 0 Å². The van der Waals surface area contributed by atoms with Gasteiger partial charge in [-0.1, -0.05) is 18.2 Å². The van der Waals surface area contributed by atoms with Gasteiger partial charge in [-0.25, -0.2) is 4.79 Å². The summed E-state index contributed by atoms with van der Waals surface area (Å²) in [5.41, 5.74) is 8.92. The molecule has 1 rings (SSSR count). The van der Waals surface area contributed by atoms with Crippen LogP contribution < -0.4 is 5.73 Å². The minimum atomic E-state index is -4.13. The first-order valence-electron chi connectivity index (χ1n) is 6.25. The van der Waals surface area contributed by atoms with Crippen LogP contribution in [0, 0.1) is 13.8 Å².